The Labute approximate surface area is 144 Å². The first-order valence-electron chi connectivity index (χ1n) is 6.94. The van der Waals surface area contributed by atoms with Crippen molar-refractivity contribution in [2.75, 3.05) is 4.72 Å². The smallest absolute Gasteiger partial charge is 0.270 e. The van der Waals surface area contributed by atoms with Crippen molar-refractivity contribution in [1.29, 1.82) is 0 Å². The first-order chi connectivity index (χ1) is 11.0. The minimum Gasteiger partial charge on any atom is -0.279 e. The Balaban J connectivity index is 2.43. The normalized spacial score (nSPS) is 12.0. The van der Waals surface area contributed by atoms with Crippen LogP contribution in [0.4, 0.5) is 11.4 Å². The lowest BCUT2D eigenvalue weighted by molar-refractivity contribution is -0.385. The molecule has 9 heteroatoms. The molecule has 1 N–H and O–H groups in total. The maximum atomic E-state index is 12.5. The zero-order valence-corrected chi connectivity index (χ0v) is 14.9. The lowest BCUT2D eigenvalue weighted by atomic mass is 9.91. The molecule has 0 aliphatic heterocycles. The largest absolute Gasteiger partial charge is 0.279 e. The molecule has 0 spiro atoms. The summed E-state index contributed by atoms with van der Waals surface area (Å²) in [5, 5.41) is 10.7. The predicted molar refractivity (Wildman–Crippen MR) is 91.9 cm³/mol. The third-order valence-electron chi connectivity index (χ3n) is 3.20. The van der Waals surface area contributed by atoms with E-state index in [9.17, 15) is 18.5 Å². The molecule has 128 valence electrons. The molecular weight excluding hydrogens is 354 g/mol. The summed E-state index contributed by atoms with van der Waals surface area (Å²) in [6.07, 6.45) is 1.49. The number of sulfonamides is 1. The summed E-state index contributed by atoms with van der Waals surface area (Å²) in [6.45, 7) is 5.85. The number of rotatable bonds is 4. The van der Waals surface area contributed by atoms with Crippen LogP contribution in [0.1, 0.15) is 26.5 Å². The van der Waals surface area contributed by atoms with Gasteiger partial charge in [0, 0.05) is 29.4 Å². The van der Waals surface area contributed by atoms with Gasteiger partial charge < -0.3 is 0 Å². The predicted octanol–water partition coefficient (Wildman–Crippen LogP) is 3.74. The Kier molecular flexibility index (Phi) is 4.82. The molecule has 0 fully saturated rings. The van der Waals surface area contributed by atoms with E-state index in [0.29, 0.717) is 11.4 Å². The third kappa shape index (κ3) is 4.01. The lowest BCUT2D eigenvalue weighted by Gasteiger charge is -2.18. The first kappa shape index (κ1) is 18.2. The maximum absolute atomic E-state index is 12.5. The van der Waals surface area contributed by atoms with Crippen LogP contribution < -0.4 is 4.72 Å². The second-order valence-electron chi connectivity index (χ2n) is 6.16. The Hall–Kier alpha value is -2.19. The molecule has 0 radical (unpaired) electrons. The summed E-state index contributed by atoms with van der Waals surface area (Å²) in [5.74, 6) is 0. The third-order valence-corrected chi connectivity index (χ3v) is 5.06. The number of nitrogens with zero attached hydrogens (tertiary/aromatic N) is 2. The van der Waals surface area contributed by atoms with Gasteiger partial charge in [0.15, 0.2) is 0 Å². The molecular formula is C15H16ClN3O4S. The molecule has 2 rings (SSSR count). The van der Waals surface area contributed by atoms with E-state index in [1.165, 1.54) is 18.3 Å². The number of non-ortho nitro benzene ring substituents is 1. The van der Waals surface area contributed by atoms with Gasteiger partial charge in [-0.3, -0.25) is 19.8 Å². The molecule has 0 saturated heterocycles. The molecule has 2 aromatic rings. The van der Waals surface area contributed by atoms with Crippen LogP contribution in [0.15, 0.2) is 41.4 Å². The first-order valence-corrected chi connectivity index (χ1v) is 8.80. The van der Waals surface area contributed by atoms with Crippen molar-refractivity contribution >= 4 is 33.0 Å². The average molecular weight is 370 g/mol. The zero-order valence-electron chi connectivity index (χ0n) is 13.3. The second kappa shape index (κ2) is 6.37. The van der Waals surface area contributed by atoms with Crippen LogP contribution >= 0.6 is 11.6 Å². The highest BCUT2D eigenvalue weighted by molar-refractivity contribution is 7.92. The van der Waals surface area contributed by atoms with Gasteiger partial charge in [0.25, 0.3) is 15.7 Å². The number of anilines is 1. The summed E-state index contributed by atoms with van der Waals surface area (Å²) < 4.78 is 27.4. The van der Waals surface area contributed by atoms with Crippen LogP contribution in [0.5, 0.6) is 0 Å². The molecule has 24 heavy (non-hydrogen) atoms. The van der Waals surface area contributed by atoms with Gasteiger partial charge in [-0.1, -0.05) is 32.4 Å². The molecule has 0 aliphatic carbocycles. The van der Waals surface area contributed by atoms with E-state index in [-0.39, 0.29) is 21.0 Å². The van der Waals surface area contributed by atoms with Crippen molar-refractivity contribution in [3.63, 3.8) is 0 Å². The molecule has 0 atom stereocenters. The Morgan fingerprint density at radius 2 is 1.88 bits per heavy atom. The van der Waals surface area contributed by atoms with Gasteiger partial charge in [0.2, 0.25) is 0 Å². The van der Waals surface area contributed by atoms with Gasteiger partial charge in [0.1, 0.15) is 4.90 Å². The van der Waals surface area contributed by atoms with Crippen molar-refractivity contribution in [3.8, 4) is 0 Å². The summed E-state index contributed by atoms with van der Waals surface area (Å²) in [4.78, 5) is 14.0. The van der Waals surface area contributed by atoms with E-state index >= 15 is 0 Å². The SMILES string of the molecule is CC(C)(C)c1cc(NS(=O)(=O)c2cc([N+](=O)[O-])ccc2Cl)ccn1. The van der Waals surface area contributed by atoms with E-state index in [1.54, 1.807) is 6.07 Å². The summed E-state index contributed by atoms with van der Waals surface area (Å²) in [6, 6.07) is 6.37. The zero-order chi connectivity index (χ0) is 18.1. The van der Waals surface area contributed by atoms with E-state index in [4.69, 9.17) is 11.6 Å². The Morgan fingerprint density at radius 3 is 2.46 bits per heavy atom. The van der Waals surface area contributed by atoms with Gasteiger partial charge in [-0.05, 0) is 18.2 Å². The summed E-state index contributed by atoms with van der Waals surface area (Å²) >= 11 is 5.90. The molecule has 0 saturated carbocycles. The van der Waals surface area contributed by atoms with Crippen LogP contribution in [0, 0.1) is 10.1 Å². The van der Waals surface area contributed by atoms with Gasteiger partial charge >= 0.3 is 0 Å². The number of benzene rings is 1. The minimum absolute atomic E-state index is 0.0989. The topological polar surface area (TPSA) is 102 Å². The number of hydrogen-bond donors (Lipinski definition) is 1. The Bertz CT molecular complexity index is 892. The summed E-state index contributed by atoms with van der Waals surface area (Å²) in [7, 11) is -4.08. The van der Waals surface area contributed by atoms with Crippen LogP contribution in [0.3, 0.4) is 0 Å². The average Bonchev–Trinajstić information content (AvgIpc) is 2.46. The lowest BCUT2D eigenvalue weighted by Crippen LogP contribution is -2.17. The molecule has 0 unspecified atom stereocenters. The molecule has 1 aromatic carbocycles. The number of hydrogen-bond acceptors (Lipinski definition) is 5. The highest BCUT2D eigenvalue weighted by Gasteiger charge is 2.23. The van der Waals surface area contributed by atoms with Crippen molar-refractivity contribution < 1.29 is 13.3 Å². The molecule has 1 aromatic heterocycles. The maximum Gasteiger partial charge on any atom is 0.270 e. The summed E-state index contributed by atoms with van der Waals surface area (Å²) in [5.41, 5.74) is 0.389. The van der Waals surface area contributed by atoms with Crippen molar-refractivity contribution in [2.24, 2.45) is 0 Å². The monoisotopic (exact) mass is 369 g/mol. The number of halogens is 1. The molecule has 0 amide bonds. The fourth-order valence-corrected chi connectivity index (χ4v) is 3.50. The van der Waals surface area contributed by atoms with Crippen LogP contribution in [-0.4, -0.2) is 18.3 Å². The molecule has 0 bridgehead atoms. The number of nitro benzene ring substituents is 1. The number of nitrogens with one attached hydrogen (secondary N) is 1. The number of nitro groups is 1. The molecule has 1 heterocycles. The standard InChI is InChI=1S/C15H16ClN3O4S/c1-15(2,3)14-8-10(6-7-17-14)18-24(22,23)13-9-11(19(20)21)4-5-12(13)16/h4-9H,1-3H3,(H,17,18). The van der Waals surface area contributed by atoms with Crippen molar-refractivity contribution in [3.05, 3.63) is 57.4 Å². The molecule has 7 nitrogen and oxygen atoms in total. The van der Waals surface area contributed by atoms with Crippen LogP contribution in [-0.2, 0) is 15.4 Å². The van der Waals surface area contributed by atoms with E-state index in [0.717, 1.165) is 12.1 Å². The molecule has 0 aliphatic rings. The second-order valence-corrected chi connectivity index (χ2v) is 8.22. The van der Waals surface area contributed by atoms with E-state index in [1.807, 2.05) is 20.8 Å². The minimum atomic E-state index is -4.08. The van der Waals surface area contributed by atoms with Gasteiger partial charge in [-0.25, -0.2) is 8.42 Å². The fourth-order valence-electron chi connectivity index (χ4n) is 1.93. The van der Waals surface area contributed by atoms with Crippen LogP contribution in [0.2, 0.25) is 5.02 Å². The van der Waals surface area contributed by atoms with Gasteiger partial charge in [0.05, 0.1) is 15.6 Å². The van der Waals surface area contributed by atoms with Crippen LogP contribution in [0.25, 0.3) is 0 Å². The number of pyridine rings is 1. The van der Waals surface area contributed by atoms with Crippen molar-refractivity contribution in [1.82, 2.24) is 4.98 Å². The highest BCUT2D eigenvalue weighted by Crippen LogP contribution is 2.29. The highest BCUT2D eigenvalue weighted by atomic mass is 35.5. The van der Waals surface area contributed by atoms with E-state index in [2.05, 4.69) is 9.71 Å². The van der Waals surface area contributed by atoms with Gasteiger partial charge in [-0.15, -0.1) is 0 Å². The van der Waals surface area contributed by atoms with Gasteiger partial charge in [-0.2, -0.15) is 0 Å². The fraction of sp³-hybridized carbons (Fsp3) is 0.267. The number of aromatic nitrogens is 1. The quantitative estimate of drug-likeness (QED) is 0.653. The van der Waals surface area contributed by atoms with Crippen molar-refractivity contribution in [2.45, 2.75) is 31.1 Å². The Morgan fingerprint density at radius 1 is 1.21 bits per heavy atom. The van der Waals surface area contributed by atoms with E-state index < -0.39 is 14.9 Å².